The molecule has 0 aromatic rings. The first kappa shape index (κ1) is 7.42. The van der Waals surface area contributed by atoms with Gasteiger partial charge in [0.1, 0.15) is 0 Å². The van der Waals surface area contributed by atoms with Crippen LogP contribution in [0, 0.1) is 0 Å². The molecular formula is C7H15NS. The lowest BCUT2D eigenvalue weighted by molar-refractivity contribution is 0.494. The molecule has 2 atom stereocenters. The molecule has 2 unspecified atom stereocenters. The molecule has 0 radical (unpaired) electrons. The van der Waals surface area contributed by atoms with E-state index < -0.39 is 0 Å². The van der Waals surface area contributed by atoms with Crippen LogP contribution < -0.4 is 5.32 Å². The minimum atomic E-state index is 0.304. The van der Waals surface area contributed by atoms with Gasteiger partial charge in [-0.3, -0.25) is 5.32 Å². The Hall–Kier alpha value is 0.310. The molecule has 1 aliphatic heterocycles. The Bertz CT molecular complexity index is 99.5. The van der Waals surface area contributed by atoms with Crippen molar-refractivity contribution in [3.8, 4) is 0 Å². The van der Waals surface area contributed by atoms with Crippen molar-refractivity contribution in [2.45, 2.75) is 43.9 Å². The van der Waals surface area contributed by atoms with E-state index in [2.05, 4.69) is 33.0 Å². The smallest absolute Gasteiger partial charge is 0.0593 e. The Morgan fingerprint density at radius 1 is 1.33 bits per heavy atom. The molecule has 1 nitrogen and oxygen atoms in total. The van der Waals surface area contributed by atoms with Crippen molar-refractivity contribution < 1.29 is 0 Å². The highest BCUT2D eigenvalue weighted by Crippen LogP contribution is 2.34. The Kier molecular flexibility index (Phi) is 1.79. The zero-order valence-electron chi connectivity index (χ0n) is 6.56. The van der Waals surface area contributed by atoms with Crippen molar-refractivity contribution in [1.29, 1.82) is 0 Å². The van der Waals surface area contributed by atoms with Crippen LogP contribution in [0.15, 0.2) is 0 Å². The summed E-state index contributed by atoms with van der Waals surface area (Å²) >= 11 is 2.02. The van der Waals surface area contributed by atoms with E-state index in [-0.39, 0.29) is 0 Å². The van der Waals surface area contributed by atoms with E-state index in [0.29, 0.717) is 10.9 Å². The van der Waals surface area contributed by atoms with Gasteiger partial charge in [0.2, 0.25) is 0 Å². The maximum absolute atomic E-state index is 3.51. The molecule has 1 aliphatic rings. The molecular weight excluding hydrogens is 130 g/mol. The van der Waals surface area contributed by atoms with Gasteiger partial charge < -0.3 is 0 Å². The van der Waals surface area contributed by atoms with Crippen LogP contribution in [0.1, 0.15) is 27.7 Å². The third-order valence-corrected chi connectivity index (χ3v) is 3.25. The first-order chi connectivity index (χ1) is 4.01. The van der Waals surface area contributed by atoms with Gasteiger partial charge in [0.25, 0.3) is 0 Å². The SMILES string of the molecule is CC1NC(C)(C)SC1C. The Labute approximate surface area is 61.6 Å². The third kappa shape index (κ3) is 1.62. The van der Waals surface area contributed by atoms with Gasteiger partial charge in [0.05, 0.1) is 4.87 Å². The van der Waals surface area contributed by atoms with Crippen molar-refractivity contribution in [3.63, 3.8) is 0 Å². The summed E-state index contributed by atoms with van der Waals surface area (Å²) in [6, 6.07) is 0.671. The second-order valence-electron chi connectivity index (χ2n) is 3.27. The highest BCUT2D eigenvalue weighted by Gasteiger charge is 2.33. The Morgan fingerprint density at radius 3 is 2.00 bits per heavy atom. The van der Waals surface area contributed by atoms with Crippen molar-refractivity contribution in [2.24, 2.45) is 0 Å². The molecule has 0 bridgehead atoms. The van der Waals surface area contributed by atoms with Gasteiger partial charge in [0.15, 0.2) is 0 Å². The molecule has 1 heterocycles. The normalized spacial score (nSPS) is 41.3. The molecule has 0 aromatic heterocycles. The summed E-state index contributed by atoms with van der Waals surface area (Å²) in [7, 11) is 0. The zero-order valence-corrected chi connectivity index (χ0v) is 7.38. The molecule has 0 amide bonds. The molecule has 2 heteroatoms. The predicted molar refractivity (Wildman–Crippen MR) is 43.7 cm³/mol. The fourth-order valence-corrected chi connectivity index (χ4v) is 2.72. The summed E-state index contributed by atoms with van der Waals surface area (Å²) in [6.45, 7) is 8.98. The molecule has 0 aliphatic carbocycles. The average Bonchev–Trinajstić information content (AvgIpc) is 1.79. The first-order valence-electron chi connectivity index (χ1n) is 3.47. The van der Waals surface area contributed by atoms with Crippen LogP contribution in [0.25, 0.3) is 0 Å². The molecule has 1 fully saturated rings. The number of nitrogens with one attached hydrogen (secondary N) is 1. The summed E-state index contributed by atoms with van der Waals surface area (Å²) < 4.78 is 0. The lowest BCUT2D eigenvalue weighted by Gasteiger charge is -2.16. The number of hydrogen-bond donors (Lipinski definition) is 1. The molecule has 9 heavy (non-hydrogen) atoms. The van der Waals surface area contributed by atoms with Gasteiger partial charge in [-0.15, -0.1) is 11.8 Å². The molecule has 1 rings (SSSR count). The van der Waals surface area contributed by atoms with Gasteiger partial charge in [-0.05, 0) is 20.8 Å². The lowest BCUT2D eigenvalue weighted by Crippen LogP contribution is -2.35. The topological polar surface area (TPSA) is 12.0 Å². The molecule has 0 saturated carbocycles. The lowest BCUT2D eigenvalue weighted by atomic mass is 10.2. The molecule has 1 saturated heterocycles. The van der Waals surface area contributed by atoms with Crippen molar-refractivity contribution in [2.75, 3.05) is 0 Å². The quantitative estimate of drug-likeness (QED) is 0.558. The van der Waals surface area contributed by atoms with Gasteiger partial charge in [-0.25, -0.2) is 0 Å². The van der Waals surface area contributed by atoms with E-state index in [1.165, 1.54) is 0 Å². The summed E-state index contributed by atoms with van der Waals surface area (Å²) in [5.41, 5.74) is 0. The molecule has 0 spiro atoms. The van der Waals surface area contributed by atoms with Crippen LogP contribution in [-0.4, -0.2) is 16.2 Å². The van der Waals surface area contributed by atoms with E-state index >= 15 is 0 Å². The predicted octanol–water partition coefficient (Wildman–Crippen LogP) is 1.84. The molecule has 1 N–H and O–H groups in total. The van der Waals surface area contributed by atoms with Gasteiger partial charge in [-0.2, -0.15) is 0 Å². The monoisotopic (exact) mass is 145 g/mol. The van der Waals surface area contributed by atoms with Gasteiger partial charge in [0, 0.05) is 11.3 Å². The van der Waals surface area contributed by atoms with E-state index in [0.717, 1.165) is 5.25 Å². The number of rotatable bonds is 0. The number of thioether (sulfide) groups is 1. The van der Waals surface area contributed by atoms with Crippen LogP contribution in [0.5, 0.6) is 0 Å². The fraction of sp³-hybridized carbons (Fsp3) is 1.00. The van der Waals surface area contributed by atoms with E-state index in [1.807, 2.05) is 11.8 Å². The van der Waals surface area contributed by atoms with Crippen LogP contribution in [0.4, 0.5) is 0 Å². The second-order valence-corrected chi connectivity index (χ2v) is 5.27. The van der Waals surface area contributed by atoms with Gasteiger partial charge >= 0.3 is 0 Å². The van der Waals surface area contributed by atoms with Gasteiger partial charge in [-0.1, -0.05) is 6.92 Å². The minimum absolute atomic E-state index is 0.304. The summed E-state index contributed by atoms with van der Waals surface area (Å²) in [4.78, 5) is 0.304. The van der Waals surface area contributed by atoms with E-state index in [4.69, 9.17) is 0 Å². The average molecular weight is 145 g/mol. The standard InChI is InChI=1S/C7H15NS/c1-5-6(2)9-7(3,4)8-5/h5-6,8H,1-4H3. The number of hydrogen-bond acceptors (Lipinski definition) is 2. The highest BCUT2D eigenvalue weighted by molar-refractivity contribution is 8.01. The fourth-order valence-electron chi connectivity index (χ4n) is 1.27. The van der Waals surface area contributed by atoms with E-state index in [1.54, 1.807) is 0 Å². The maximum atomic E-state index is 3.51. The van der Waals surface area contributed by atoms with E-state index in [9.17, 15) is 0 Å². The summed E-state index contributed by atoms with van der Waals surface area (Å²) in [6.07, 6.45) is 0. The Balaban J connectivity index is 2.54. The molecule has 0 aromatic carbocycles. The zero-order chi connectivity index (χ0) is 7.07. The van der Waals surface area contributed by atoms with Crippen LogP contribution in [0.2, 0.25) is 0 Å². The van der Waals surface area contributed by atoms with Crippen LogP contribution >= 0.6 is 11.8 Å². The summed E-state index contributed by atoms with van der Waals surface area (Å²) in [5.74, 6) is 0. The van der Waals surface area contributed by atoms with Crippen molar-refractivity contribution >= 4 is 11.8 Å². The van der Waals surface area contributed by atoms with Crippen LogP contribution in [-0.2, 0) is 0 Å². The minimum Gasteiger partial charge on any atom is -0.300 e. The molecule has 54 valence electrons. The van der Waals surface area contributed by atoms with Crippen molar-refractivity contribution in [3.05, 3.63) is 0 Å². The maximum Gasteiger partial charge on any atom is 0.0593 e. The largest absolute Gasteiger partial charge is 0.300 e. The Morgan fingerprint density at radius 2 is 1.89 bits per heavy atom. The summed E-state index contributed by atoms with van der Waals surface area (Å²) in [5, 5.41) is 4.27. The highest BCUT2D eigenvalue weighted by atomic mass is 32.2. The van der Waals surface area contributed by atoms with Crippen LogP contribution in [0.3, 0.4) is 0 Å². The second kappa shape index (κ2) is 2.17. The third-order valence-electron chi connectivity index (χ3n) is 1.76. The first-order valence-corrected chi connectivity index (χ1v) is 4.35. The van der Waals surface area contributed by atoms with Crippen molar-refractivity contribution in [1.82, 2.24) is 5.32 Å².